The molecule has 1 aromatic carbocycles. The first-order chi connectivity index (χ1) is 8.69. The van der Waals surface area contributed by atoms with Gasteiger partial charge in [0, 0.05) is 12.6 Å². The van der Waals surface area contributed by atoms with Crippen LogP contribution in [0.4, 0.5) is 5.69 Å². The third-order valence-corrected chi connectivity index (χ3v) is 3.42. The van der Waals surface area contributed by atoms with Crippen molar-refractivity contribution in [3.63, 3.8) is 0 Å². The van der Waals surface area contributed by atoms with Crippen LogP contribution in [-0.2, 0) is 0 Å². The second kappa shape index (κ2) is 6.10. The second-order valence-corrected chi connectivity index (χ2v) is 5.18. The van der Waals surface area contributed by atoms with Crippen LogP contribution in [-0.4, -0.2) is 37.7 Å². The number of hydrogen-bond acceptors (Lipinski definition) is 3. The fourth-order valence-corrected chi connectivity index (χ4v) is 2.53. The third-order valence-electron chi connectivity index (χ3n) is 3.42. The molecule has 2 rings (SSSR count). The van der Waals surface area contributed by atoms with Gasteiger partial charge in [-0.15, -0.1) is 0 Å². The van der Waals surface area contributed by atoms with Gasteiger partial charge in [-0.2, -0.15) is 0 Å². The first kappa shape index (κ1) is 13.2. The molecule has 1 unspecified atom stereocenters. The van der Waals surface area contributed by atoms with Crippen molar-refractivity contribution in [2.45, 2.75) is 32.7 Å². The number of rotatable bonds is 4. The van der Waals surface area contributed by atoms with E-state index >= 15 is 0 Å². The van der Waals surface area contributed by atoms with E-state index in [4.69, 9.17) is 4.74 Å². The highest BCUT2D eigenvalue weighted by Crippen LogP contribution is 2.27. The van der Waals surface area contributed by atoms with E-state index in [1.54, 1.807) is 0 Å². The molecule has 0 bridgehead atoms. The largest absolute Gasteiger partial charge is 0.492 e. The van der Waals surface area contributed by atoms with Gasteiger partial charge in [-0.05, 0) is 58.0 Å². The van der Waals surface area contributed by atoms with Gasteiger partial charge in [-0.1, -0.05) is 6.07 Å². The first-order valence-corrected chi connectivity index (χ1v) is 6.87. The molecule has 0 aliphatic carbocycles. The summed E-state index contributed by atoms with van der Waals surface area (Å²) in [6, 6.07) is 6.91. The highest BCUT2D eigenvalue weighted by Gasteiger charge is 2.18. The zero-order chi connectivity index (χ0) is 13.0. The lowest BCUT2D eigenvalue weighted by Gasteiger charge is -2.31. The van der Waals surface area contributed by atoms with Crippen LogP contribution in [0, 0.1) is 6.92 Å². The average molecular weight is 248 g/mol. The van der Waals surface area contributed by atoms with Gasteiger partial charge in [0.2, 0.25) is 0 Å². The summed E-state index contributed by atoms with van der Waals surface area (Å²) < 4.78 is 5.71. The topological polar surface area (TPSA) is 24.5 Å². The Morgan fingerprint density at radius 3 is 3.00 bits per heavy atom. The quantitative estimate of drug-likeness (QED) is 0.886. The summed E-state index contributed by atoms with van der Waals surface area (Å²) in [5, 5.41) is 3.63. The predicted octanol–water partition coefficient (Wildman–Crippen LogP) is 2.90. The minimum atomic E-state index is 0.533. The summed E-state index contributed by atoms with van der Waals surface area (Å²) in [6.45, 7) is 7.16. The van der Waals surface area contributed by atoms with E-state index in [1.165, 1.54) is 24.9 Å². The van der Waals surface area contributed by atoms with Gasteiger partial charge in [0.25, 0.3) is 0 Å². The van der Waals surface area contributed by atoms with Crippen LogP contribution in [0.2, 0.25) is 0 Å². The molecule has 100 valence electrons. The van der Waals surface area contributed by atoms with Crippen molar-refractivity contribution in [2.75, 3.05) is 32.1 Å². The van der Waals surface area contributed by atoms with Gasteiger partial charge < -0.3 is 15.0 Å². The molecule has 18 heavy (non-hydrogen) atoms. The van der Waals surface area contributed by atoms with E-state index in [1.807, 2.05) is 6.92 Å². The molecule has 3 heteroatoms. The number of nitrogens with zero attached hydrogens (tertiary/aromatic N) is 1. The molecular formula is C15H24N2O. The Kier molecular flexibility index (Phi) is 4.48. The molecule has 1 aliphatic rings. The lowest BCUT2D eigenvalue weighted by Crippen LogP contribution is -2.39. The maximum atomic E-state index is 5.71. The van der Waals surface area contributed by atoms with Crippen LogP contribution in [0.25, 0.3) is 0 Å². The Balaban J connectivity index is 2.07. The minimum absolute atomic E-state index is 0.533. The number of piperidine rings is 1. The number of anilines is 1. The smallest absolute Gasteiger partial charge is 0.142 e. The maximum absolute atomic E-state index is 5.71. The van der Waals surface area contributed by atoms with Crippen LogP contribution in [0.15, 0.2) is 18.2 Å². The lowest BCUT2D eigenvalue weighted by molar-refractivity contribution is 0.260. The Labute approximate surface area is 110 Å². The zero-order valence-corrected chi connectivity index (χ0v) is 11.7. The molecule has 0 amide bonds. The van der Waals surface area contributed by atoms with Crippen molar-refractivity contribution in [1.82, 2.24) is 4.90 Å². The van der Waals surface area contributed by atoms with Gasteiger partial charge >= 0.3 is 0 Å². The van der Waals surface area contributed by atoms with Crippen LogP contribution in [0.5, 0.6) is 5.75 Å². The normalized spacial score (nSPS) is 20.7. The van der Waals surface area contributed by atoms with Crippen molar-refractivity contribution in [2.24, 2.45) is 0 Å². The van der Waals surface area contributed by atoms with Crippen LogP contribution >= 0.6 is 0 Å². The average Bonchev–Trinajstić information content (AvgIpc) is 2.33. The highest BCUT2D eigenvalue weighted by molar-refractivity contribution is 5.58. The molecule has 0 aromatic heterocycles. The van der Waals surface area contributed by atoms with E-state index in [0.29, 0.717) is 12.6 Å². The number of nitrogens with one attached hydrogen (secondary N) is 1. The molecule has 1 atom stereocenters. The van der Waals surface area contributed by atoms with Gasteiger partial charge in [0.05, 0.1) is 12.3 Å². The number of likely N-dealkylation sites (N-methyl/N-ethyl adjacent to an activating group) is 1. The molecule has 1 N–H and O–H groups in total. The van der Waals surface area contributed by atoms with Crippen molar-refractivity contribution in [3.8, 4) is 5.75 Å². The number of benzene rings is 1. The van der Waals surface area contributed by atoms with Crippen molar-refractivity contribution in [3.05, 3.63) is 23.8 Å². The van der Waals surface area contributed by atoms with E-state index < -0.39 is 0 Å². The number of aryl methyl sites for hydroxylation is 1. The SMILES string of the molecule is CCOc1cc(C)ccc1NC1CCCN(C)C1. The second-order valence-electron chi connectivity index (χ2n) is 5.18. The molecule has 1 aromatic rings. The van der Waals surface area contributed by atoms with Gasteiger partial charge in [0.15, 0.2) is 0 Å². The molecule has 1 saturated heterocycles. The summed E-state index contributed by atoms with van der Waals surface area (Å²) >= 11 is 0. The van der Waals surface area contributed by atoms with Gasteiger partial charge in [-0.3, -0.25) is 0 Å². The van der Waals surface area contributed by atoms with E-state index in [-0.39, 0.29) is 0 Å². The van der Waals surface area contributed by atoms with Crippen molar-refractivity contribution >= 4 is 5.69 Å². The van der Waals surface area contributed by atoms with E-state index in [0.717, 1.165) is 18.0 Å². The summed E-state index contributed by atoms with van der Waals surface area (Å²) in [6.07, 6.45) is 2.51. The fourth-order valence-electron chi connectivity index (χ4n) is 2.53. The molecule has 1 heterocycles. The summed E-state index contributed by atoms with van der Waals surface area (Å²) in [5.74, 6) is 0.978. The predicted molar refractivity (Wildman–Crippen MR) is 76.5 cm³/mol. The molecule has 1 fully saturated rings. The zero-order valence-electron chi connectivity index (χ0n) is 11.7. The maximum Gasteiger partial charge on any atom is 0.142 e. The lowest BCUT2D eigenvalue weighted by atomic mass is 10.1. The van der Waals surface area contributed by atoms with E-state index in [2.05, 4.69) is 42.4 Å². The molecule has 0 radical (unpaired) electrons. The van der Waals surface area contributed by atoms with Crippen molar-refractivity contribution < 1.29 is 4.74 Å². The molecule has 0 saturated carbocycles. The Morgan fingerprint density at radius 2 is 2.28 bits per heavy atom. The van der Waals surface area contributed by atoms with E-state index in [9.17, 15) is 0 Å². The van der Waals surface area contributed by atoms with Crippen molar-refractivity contribution in [1.29, 1.82) is 0 Å². The Morgan fingerprint density at radius 1 is 1.44 bits per heavy atom. The van der Waals surface area contributed by atoms with Crippen LogP contribution in [0.3, 0.4) is 0 Å². The number of hydrogen-bond donors (Lipinski definition) is 1. The van der Waals surface area contributed by atoms with Gasteiger partial charge in [-0.25, -0.2) is 0 Å². The summed E-state index contributed by atoms with van der Waals surface area (Å²) in [5.41, 5.74) is 2.37. The third kappa shape index (κ3) is 3.39. The Hall–Kier alpha value is -1.22. The molecule has 3 nitrogen and oxygen atoms in total. The van der Waals surface area contributed by atoms with Crippen LogP contribution in [0.1, 0.15) is 25.3 Å². The summed E-state index contributed by atoms with van der Waals surface area (Å²) in [7, 11) is 2.19. The monoisotopic (exact) mass is 248 g/mol. The fraction of sp³-hybridized carbons (Fsp3) is 0.600. The number of likely N-dealkylation sites (tertiary alicyclic amines) is 1. The minimum Gasteiger partial charge on any atom is -0.492 e. The molecule has 0 spiro atoms. The van der Waals surface area contributed by atoms with Crippen LogP contribution < -0.4 is 10.1 Å². The standard InChI is InChI=1S/C15H24N2O/c1-4-18-15-10-12(2)7-8-14(15)16-13-6-5-9-17(3)11-13/h7-8,10,13,16H,4-6,9,11H2,1-3H3. The Bertz CT molecular complexity index is 392. The number of ether oxygens (including phenoxy) is 1. The molecular weight excluding hydrogens is 224 g/mol. The molecule has 1 aliphatic heterocycles. The first-order valence-electron chi connectivity index (χ1n) is 6.87. The highest BCUT2D eigenvalue weighted by atomic mass is 16.5. The summed E-state index contributed by atoms with van der Waals surface area (Å²) in [4.78, 5) is 2.38. The van der Waals surface area contributed by atoms with Gasteiger partial charge in [0.1, 0.15) is 5.75 Å².